The van der Waals surface area contributed by atoms with E-state index in [1.807, 2.05) is 0 Å². The molecule has 0 aromatic rings. The van der Waals surface area contributed by atoms with Crippen molar-refractivity contribution in [3.63, 3.8) is 0 Å². The monoisotopic (exact) mass is 293 g/mol. The van der Waals surface area contributed by atoms with Crippen molar-refractivity contribution in [1.82, 2.24) is 0 Å². The van der Waals surface area contributed by atoms with Crippen LogP contribution in [0.1, 0.15) is 6.92 Å². The SMILES string of the molecule is CC(O)C(=O)O.NCC(=O)O.[Zn].[Zn]. The number of carbonyl (C=O) groups is 2. The first-order valence-electron chi connectivity index (χ1n) is 2.74. The Bertz CT molecular complexity index is 141. The molecule has 0 amide bonds. The number of aliphatic hydroxyl groups excluding tert-OH is 1. The molecule has 1 atom stereocenters. The molecule has 0 saturated carbocycles. The van der Waals surface area contributed by atoms with Crippen LogP contribution >= 0.6 is 0 Å². The summed E-state index contributed by atoms with van der Waals surface area (Å²) < 4.78 is 0. The minimum Gasteiger partial charge on any atom is -0.480 e. The van der Waals surface area contributed by atoms with E-state index in [-0.39, 0.29) is 45.5 Å². The van der Waals surface area contributed by atoms with E-state index in [1.54, 1.807) is 0 Å². The Labute approximate surface area is 101 Å². The van der Waals surface area contributed by atoms with Gasteiger partial charge in [0.15, 0.2) is 0 Å². The van der Waals surface area contributed by atoms with Gasteiger partial charge in [-0.15, -0.1) is 0 Å². The van der Waals surface area contributed by atoms with Gasteiger partial charge < -0.3 is 21.1 Å². The number of hydrogen-bond donors (Lipinski definition) is 4. The number of hydrogen-bond acceptors (Lipinski definition) is 4. The largest absolute Gasteiger partial charge is 0.480 e. The second-order valence-electron chi connectivity index (χ2n) is 1.61. The first-order chi connectivity index (χ1) is 4.91. The van der Waals surface area contributed by atoms with Crippen molar-refractivity contribution in [1.29, 1.82) is 0 Å². The van der Waals surface area contributed by atoms with Crippen LogP contribution in [0.3, 0.4) is 0 Å². The van der Waals surface area contributed by atoms with Crippen molar-refractivity contribution >= 4 is 11.9 Å². The molecule has 0 bridgehead atoms. The van der Waals surface area contributed by atoms with E-state index in [9.17, 15) is 9.59 Å². The Hall–Kier alpha value is 0.107. The predicted octanol–water partition coefficient (Wildman–Crippen LogP) is -1.52. The number of aliphatic carboxylic acids is 2. The normalized spacial score (nSPS) is 9.15. The van der Waals surface area contributed by atoms with Crippen molar-refractivity contribution in [3.8, 4) is 0 Å². The molecular weight excluding hydrogens is 285 g/mol. The van der Waals surface area contributed by atoms with Gasteiger partial charge in [-0.1, -0.05) is 0 Å². The maximum atomic E-state index is 9.45. The number of aliphatic hydroxyl groups is 1. The second kappa shape index (κ2) is 14.6. The standard InChI is InChI=1S/C3H6O3.C2H5NO2.2Zn/c1-2(4)3(5)6;3-1-2(4)5;;/h2,4H,1H3,(H,5,6);1,3H2,(H,4,5);;. The van der Waals surface area contributed by atoms with Crippen LogP contribution in [0, 0.1) is 0 Å². The summed E-state index contributed by atoms with van der Waals surface area (Å²) in [7, 11) is 0. The zero-order valence-corrected chi connectivity index (χ0v) is 13.4. The zero-order chi connectivity index (χ0) is 9.44. The van der Waals surface area contributed by atoms with Crippen LogP contribution in [0.5, 0.6) is 0 Å². The first-order valence-corrected chi connectivity index (χ1v) is 2.74. The van der Waals surface area contributed by atoms with Crippen molar-refractivity contribution in [3.05, 3.63) is 0 Å². The average Bonchev–Trinajstić information content (AvgIpc) is 1.89. The molecule has 0 spiro atoms. The molecule has 0 rings (SSSR count). The molecule has 8 heteroatoms. The smallest absolute Gasteiger partial charge is 0.332 e. The van der Waals surface area contributed by atoms with E-state index in [4.69, 9.17) is 15.3 Å². The van der Waals surface area contributed by atoms with Crippen LogP contribution in [0.15, 0.2) is 0 Å². The third kappa shape index (κ3) is 33.2. The van der Waals surface area contributed by atoms with E-state index >= 15 is 0 Å². The van der Waals surface area contributed by atoms with Crippen LogP contribution in [-0.4, -0.2) is 39.9 Å². The third-order valence-corrected chi connectivity index (χ3v) is 0.532. The third-order valence-electron chi connectivity index (χ3n) is 0.532. The van der Waals surface area contributed by atoms with Crippen molar-refractivity contribution < 1.29 is 63.9 Å². The van der Waals surface area contributed by atoms with Crippen LogP contribution in [0.25, 0.3) is 0 Å². The molecule has 0 aliphatic heterocycles. The quantitative estimate of drug-likeness (QED) is 0.459. The van der Waals surface area contributed by atoms with Gasteiger partial charge in [0.1, 0.15) is 6.10 Å². The van der Waals surface area contributed by atoms with Gasteiger partial charge in [-0.25, -0.2) is 4.79 Å². The van der Waals surface area contributed by atoms with E-state index in [0.29, 0.717) is 0 Å². The van der Waals surface area contributed by atoms with Crippen molar-refractivity contribution in [2.24, 2.45) is 5.73 Å². The molecule has 0 aliphatic carbocycles. The van der Waals surface area contributed by atoms with E-state index in [1.165, 1.54) is 6.92 Å². The fourth-order valence-corrected chi connectivity index (χ4v) is 0. The summed E-state index contributed by atoms with van der Waals surface area (Å²) in [5.41, 5.74) is 4.57. The fourth-order valence-electron chi connectivity index (χ4n) is 0. The Morgan fingerprint density at radius 3 is 1.46 bits per heavy atom. The van der Waals surface area contributed by atoms with Crippen LogP contribution < -0.4 is 5.73 Å². The zero-order valence-electron chi connectivity index (χ0n) is 7.43. The molecule has 70 valence electrons. The number of nitrogens with two attached hydrogens (primary N) is 1. The van der Waals surface area contributed by atoms with Gasteiger partial charge in [-0.05, 0) is 6.92 Å². The molecule has 0 fully saturated rings. The molecule has 0 aromatic heterocycles. The first kappa shape index (κ1) is 23.2. The molecule has 0 aromatic carbocycles. The van der Waals surface area contributed by atoms with Gasteiger partial charge in [-0.3, -0.25) is 4.79 Å². The van der Waals surface area contributed by atoms with Crippen molar-refractivity contribution in [2.45, 2.75) is 13.0 Å². The molecule has 0 heterocycles. The summed E-state index contributed by atoms with van der Waals surface area (Å²) >= 11 is 0. The molecular formula is C5H11NO5Zn2. The van der Waals surface area contributed by atoms with Crippen molar-refractivity contribution in [2.75, 3.05) is 6.54 Å². The topological polar surface area (TPSA) is 121 Å². The van der Waals surface area contributed by atoms with Gasteiger partial charge in [0, 0.05) is 39.0 Å². The molecule has 1 unspecified atom stereocenters. The minimum atomic E-state index is -1.23. The predicted molar refractivity (Wildman–Crippen MR) is 36.0 cm³/mol. The molecule has 6 nitrogen and oxygen atoms in total. The van der Waals surface area contributed by atoms with Gasteiger partial charge in [0.25, 0.3) is 0 Å². The van der Waals surface area contributed by atoms with E-state index in [2.05, 4.69) is 5.73 Å². The summed E-state index contributed by atoms with van der Waals surface area (Å²) in [6.45, 7) is 0.919. The second-order valence-corrected chi connectivity index (χ2v) is 1.61. The summed E-state index contributed by atoms with van der Waals surface area (Å²) in [5.74, 6) is -2.15. The number of carboxylic acid groups (broad SMARTS) is 2. The van der Waals surface area contributed by atoms with Crippen LogP contribution in [0.4, 0.5) is 0 Å². The maximum Gasteiger partial charge on any atom is 0.332 e. The molecule has 13 heavy (non-hydrogen) atoms. The van der Waals surface area contributed by atoms with Gasteiger partial charge in [0.2, 0.25) is 0 Å². The molecule has 5 N–H and O–H groups in total. The van der Waals surface area contributed by atoms with E-state index < -0.39 is 18.0 Å². The van der Waals surface area contributed by atoms with Crippen LogP contribution in [0.2, 0.25) is 0 Å². The number of rotatable bonds is 2. The van der Waals surface area contributed by atoms with Gasteiger partial charge >= 0.3 is 11.9 Å². The van der Waals surface area contributed by atoms with Gasteiger partial charge in [-0.2, -0.15) is 0 Å². The summed E-state index contributed by atoms with van der Waals surface area (Å²) in [6.07, 6.45) is -1.23. The molecule has 0 radical (unpaired) electrons. The molecule has 0 aliphatic rings. The Morgan fingerprint density at radius 2 is 1.46 bits per heavy atom. The molecule has 0 saturated heterocycles. The maximum absolute atomic E-state index is 9.45. The summed E-state index contributed by atoms with van der Waals surface area (Å²) in [5, 5.41) is 23.4. The summed E-state index contributed by atoms with van der Waals surface area (Å²) in [6, 6.07) is 0. The Kier molecular flexibility index (Phi) is 26.1. The Morgan fingerprint density at radius 1 is 1.31 bits per heavy atom. The number of carboxylic acids is 2. The average molecular weight is 296 g/mol. The van der Waals surface area contributed by atoms with Crippen LogP contribution in [-0.2, 0) is 48.5 Å². The Balaban J connectivity index is -0.0000000546. The van der Waals surface area contributed by atoms with E-state index in [0.717, 1.165) is 0 Å². The van der Waals surface area contributed by atoms with Gasteiger partial charge in [0.05, 0.1) is 6.54 Å². The summed E-state index contributed by atoms with van der Waals surface area (Å²) in [4.78, 5) is 18.7. The fraction of sp³-hybridized carbons (Fsp3) is 0.600. The minimum absolute atomic E-state index is 0.